The maximum atomic E-state index is 12.3. The standard InChI is InChI=1S/C21H30N4O5S2/c1-4-25(15-13-17-5-9-19(10-6-17)23-31(2,27)28)16-14-22-21(26)18-7-11-20(12-8-18)24-32(3,29)30/h5-12,23-24H,4,13-16H2,1-3H3,(H,22,26). The summed E-state index contributed by atoms with van der Waals surface area (Å²) < 4.78 is 49.8. The Labute approximate surface area is 190 Å². The summed E-state index contributed by atoms with van der Waals surface area (Å²) in [6.07, 6.45) is 2.98. The first-order chi connectivity index (χ1) is 14.9. The van der Waals surface area contributed by atoms with Gasteiger partial charge in [-0.05, 0) is 54.9 Å². The van der Waals surface area contributed by atoms with Crippen LogP contribution in [0.5, 0.6) is 0 Å². The topological polar surface area (TPSA) is 125 Å². The molecule has 0 aliphatic rings. The van der Waals surface area contributed by atoms with E-state index in [1.54, 1.807) is 36.4 Å². The molecule has 11 heteroatoms. The number of sulfonamides is 2. The first-order valence-electron chi connectivity index (χ1n) is 10.1. The van der Waals surface area contributed by atoms with Gasteiger partial charge in [0, 0.05) is 36.6 Å². The van der Waals surface area contributed by atoms with E-state index in [4.69, 9.17) is 0 Å². The van der Waals surface area contributed by atoms with Gasteiger partial charge in [0.1, 0.15) is 0 Å². The van der Waals surface area contributed by atoms with Crippen molar-refractivity contribution >= 4 is 37.3 Å². The SMILES string of the molecule is CCN(CCNC(=O)c1ccc(NS(C)(=O)=O)cc1)CCc1ccc(NS(C)(=O)=O)cc1. The number of benzene rings is 2. The second-order valence-corrected chi connectivity index (χ2v) is 11.0. The minimum absolute atomic E-state index is 0.221. The zero-order valence-electron chi connectivity index (χ0n) is 18.5. The molecule has 3 N–H and O–H groups in total. The molecule has 0 aliphatic heterocycles. The van der Waals surface area contributed by atoms with Crippen molar-refractivity contribution in [1.29, 1.82) is 0 Å². The quantitative estimate of drug-likeness (QED) is 0.423. The van der Waals surface area contributed by atoms with Gasteiger partial charge in [-0.15, -0.1) is 0 Å². The van der Waals surface area contributed by atoms with Gasteiger partial charge in [0.05, 0.1) is 12.5 Å². The summed E-state index contributed by atoms with van der Waals surface area (Å²) in [5.41, 5.74) is 2.48. The monoisotopic (exact) mass is 482 g/mol. The Morgan fingerprint density at radius 1 is 0.812 bits per heavy atom. The van der Waals surface area contributed by atoms with E-state index in [0.717, 1.165) is 37.6 Å². The third-order valence-electron chi connectivity index (χ3n) is 4.59. The van der Waals surface area contributed by atoms with E-state index < -0.39 is 20.0 Å². The molecule has 0 atom stereocenters. The van der Waals surface area contributed by atoms with Crippen LogP contribution in [0.25, 0.3) is 0 Å². The highest BCUT2D eigenvalue weighted by molar-refractivity contribution is 7.92. The van der Waals surface area contributed by atoms with Crippen LogP contribution in [0.4, 0.5) is 11.4 Å². The van der Waals surface area contributed by atoms with E-state index >= 15 is 0 Å². The van der Waals surface area contributed by atoms with Gasteiger partial charge in [-0.25, -0.2) is 16.8 Å². The van der Waals surface area contributed by atoms with E-state index in [9.17, 15) is 21.6 Å². The Morgan fingerprint density at radius 3 is 1.78 bits per heavy atom. The number of anilines is 2. The average Bonchev–Trinajstić information content (AvgIpc) is 2.69. The van der Waals surface area contributed by atoms with Gasteiger partial charge >= 0.3 is 0 Å². The van der Waals surface area contributed by atoms with Crippen LogP contribution < -0.4 is 14.8 Å². The van der Waals surface area contributed by atoms with Crippen LogP contribution in [0, 0.1) is 0 Å². The molecule has 9 nitrogen and oxygen atoms in total. The predicted octanol–water partition coefficient (Wildman–Crippen LogP) is 1.72. The van der Waals surface area contributed by atoms with Crippen molar-refractivity contribution in [2.75, 3.05) is 48.1 Å². The largest absolute Gasteiger partial charge is 0.351 e. The van der Waals surface area contributed by atoms with Crippen molar-refractivity contribution < 1.29 is 21.6 Å². The highest BCUT2D eigenvalue weighted by Gasteiger charge is 2.09. The van der Waals surface area contributed by atoms with Crippen LogP contribution >= 0.6 is 0 Å². The summed E-state index contributed by atoms with van der Waals surface area (Å²) in [7, 11) is -6.64. The van der Waals surface area contributed by atoms with E-state index in [-0.39, 0.29) is 5.91 Å². The number of likely N-dealkylation sites (N-methyl/N-ethyl adjacent to an activating group) is 1. The summed E-state index contributed by atoms with van der Waals surface area (Å²) in [5, 5.41) is 2.87. The van der Waals surface area contributed by atoms with Crippen molar-refractivity contribution in [2.45, 2.75) is 13.3 Å². The van der Waals surface area contributed by atoms with Gasteiger partial charge in [-0.3, -0.25) is 14.2 Å². The van der Waals surface area contributed by atoms with Crippen LogP contribution in [0.3, 0.4) is 0 Å². The molecule has 0 saturated carbocycles. The summed E-state index contributed by atoms with van der Waals surface area (Å²) in [5.74, 6) is -0.221. The van der Waals surface area contributed by atoms with Crippen molar-refractivity contribution in [3.8, 4) is 0 Å². The molecule has 2 aromatic rings. The molecule has 0 radical (unpaired) electrons. The normalized spacial score (nSPS) is 11.9. The molecule has 0 aromatic heterocycles. The van der Waals surface area contributed by atoms with E-state index in [1.165, 1.54) is 0 Å². The number of nitrogens with one attached hydrogen (secondary N) is 3. The Hall–Kier alpha value is -2.63. The first-order valence-corrected chi connectivity index (χ1v) is 13.9. The van der Waals surface area contributed by atoms with Crippen LogP contribution in [0.15, 0.2) is 48.5 Å². The number of hydrogen-bond acceptors (Lipinski definition) is 6. The Balaban J connectivity index is 1.78. The molecule has 0 bridgehead atoms. The molecule has 0 heterocycles. The number of hydrogen-bond donors (Lipinski definition) is 3. The van der Waals surface area contributed by atoms with Gasteiger partial charge in [0.2, 0.25) is 20.0 Å². The average molecular weight is 483 g/mol. The second kappa shape index (κ2) is 11.3. The predicted molar refractivity (Wildman–Crippen MR) is 128 cm³/mol. The third-order valence-corrected chi connectivity index (χ3v) is 5.80. The Kier molecular flexibility index (Phi) is 9.05. The van der Waals surface area contributed by atoms with Crippen molar-refractivity contribution in [3.63, 3.8) is 0 Å². The molecule has 2 rings (SSSR count). The molecular formula is C21H30N4O5S2. The highest BCUT2D eigenvalue weighted by Crippen LogP contribution is 2.12. The van der Waals surface area contributed by atoms with Crippen LogP contribution in [0.2, 0.25) is 0 Å². The summed E-state index contributed by atoms with van der Waals surface area (Å²) in [4.78, 5) is 14.5. The number of nitrogens with zero attached hydrogens (tertiary/aromatic N) is 1. The highest BCUT2D eigenvalue weighted by atomic mass is 32.2. The minimum Gasteiger partial charge on any atom is -0.351 e. The lowest BCUT2D eigenvalue weighted by Gasteiger charge is -2.20. The van der Waals surface area contributed by atoms with E-state index in [2.05, 4.69) is 26.6 Å². The van der Waals surface area contributed by atoms with Gasteiger partial charge in [0.15, 0.2) is 0 Å². The number of carbonyl (C=O) groups excluding carboxylic acids is 1. The van der Waals surface area contributed by atoms with Crippen molar-refractivity contribution in [1.82, 2.24) is 10.2 Å². The van der Waals surface area contributed by atoms with Crippen LogP contribution in [-0.4, -0.2) is 66.3 Å². The van der Waals surface area contributed by atoms with Crippen LogP contribution in [0.1, 0.15) is 22.8 Å². The second-order valence-electron chi connectivity index (χ2n) is 7.46. The van der Waals surface area contributed by atoms with E-state index in [1.807, 2.05) is 12.1 Å². The Morgan fingerprint density at radius 2 is 1.31 bits per heavy atom. The third kappa shape index (κ3) is 9.67. The molecule has 0 fully saturated rings. The molecule has 0 aliphatic carbocycles. The fourth-order valence-electron chi connectivity index (χ4n) is 3.00. The van der Waals surface area contributed by atoms with Gasteiger partial charge < -0.3 is 10.2 Å². The van der Waals surface area contributed by atoms with Gasteiger partial charge in [-0.1, -0.05) is 19.1 Å². The molecule has 176 valence electrons. The van der Waals surface area contributed by atoms with Crippen molar-refractivity contribution in [2.24, 2.45) is 0 Å². The summed E-state index contributed by atoms with van der Waals surface area (Å²) >= 11 is 0. The lowest BCUT2D eigenvalue weighted by Crippen LogP contribution is -2.36. The van der Waals surface area contributed by atoms with Crippen LogP contribution in [-0.2, 0) is 26.5 Å². The molecule has 0 spiro atoms. The van der Waals surface area contributed by atoms with Gasteiger partial charge in [-0.2, -0.15) is 0 Å². The smallest absolute Gasteiger partial charge is 0.251 e. The summed E-state index contributed by atoms with van der Waals surface area (Å²) in [6, 6.07) is 13.5. The van der Waals surface area contributed by atoms with Crippen molar-refractivity contribution in [3.05, 3.63) is 59.7 Å². The summed E-state index contributed by atoms with van der Waals surface area (Å²) in [6.45, 7) is 4.85. The number of carbonyl (C=O) groups is 1. The zero-order chi connectivity index (χ0) is 23.8. The maximum absolute atomic E-state index is 12.3. The Bertz CT molecular complexity index is 1100. The van der Waals surface area contributed by atoms with E-state index in [0.29, 0.717) is 30.0 Å². The maximum Gasteiger partial charge on any atom is 0.251 e. The zero-order valence-corrected chi connectivity index (χ0v) is 20.1. The number of amides is 1. The molecule has 0 unspecified atom stereocenters. The first kappa shape index (κ1) is 25.6. The molecule has 0 saturated heterocycles. The van der Waals surface area contributed by atoms with Gasteiger partial charge in [0.25, 0.3) is 5.91 Å². The lowest BCUT2D eigenvalue weighted by molar-refractivity contribution is 0.0948. The number of rotatable bonds is 12. The molecule has 1 amide bonds. The molecular weight excluding hydrogens is 452 g/mol. The lowest BCUT2D eigenvalue weighted by atomic mass is 10.1. The minimum atomic E-state index is -3.36. The molecule has 32 heavy (non-hydrogen) atoms. The fraction of sp³-hybridized carbons (Fsp3) is 0.381. The molecule has 2 aromatic carbocycles. The fourth-order valence-corrected chi connectivity index (χ4v) is 4.13.